The maximum absolute atomic E-state index is 13.9. The average Bonchev–Trinajstić information content (AvgIpc) is 3.41. The second-order valence-electron chi connectivity index (χ2n) is 7.01. The summed E-state index contributed by atoms with van der Waals surface area (Å²) in [5.41, 5.74) is 3.82. The van der Waals surface area contributed by atoms with Crippen LogP contribution in [0.4, 0.5) is 27.3 Å². The molecule has 7 nitrogen and oxygen atoms in total. The van der Waals surface area contributed by atoms with Crippen LogP contribution in [0.1, 0.15) is 6.42 Å². The summed E-state index contributed by atoms with van der Waals surface area (Å²) in [6.07, 6.45) is 0.991. The first-order chi connectivity index (χ1) is 14.4. The fourth-order valence-corrected chi connectivity index (χ4v) is 4.98. The predicted octanol–water partition coefficient (Wildman–Crippen LogP) is 3.62. The molecule has 3 N–H and O–H groups in total. The van der Waals surface area contributed by atoms with Gasteiger partial charge in [-0.2, -0.15) is 0 Å². The van der Waals surface area contributed by atoms with Crippen molar-refractivity contribution >= 4 is 44.2 Å². The summed E-state index contributed by atoms with van der Waals surface area (Å²) in [4.78, 5) is 6.22. The van der Waals surface area contributed by atoms with Gasteiger partial charge in [-0.25, -0.2) is 17.8 Å². The Balaban J connectivity index is 1.52. The smallest absolute Gasteiger partial charge is 0.263 e. The second-order valence-corrected chi connectivity index (χ2v) is 9.41. The topological polar surface area (TPSA) is 86.4 Å². The van der Waals surface area contributed by atoms with Gasteiger partial charge in [0.1, 0.15) is 5.82 Å². The molecule has 1 aliphatic heterocycles. The van der Waals surface area contributed by atoms with Gasteiger partial charge in [0.2, 0.25) is 0 Å². The summed E-state index contributed by atoms with van der Waals surface area (Å²) < 4.78 is 41.3. The lowest BCUT2D eigenvalue weighted by Crippen LogP contribution is -2.29. The Kier molecular flexibility index (Phi) is 5.89. The van der Waals surface area contributed by atoms with Crippen LogP contribution in [0.2, 0.25) is 0 Å². The van der Waals surface area contributed by atoms with E-state index in [1.807, 2.05) is 7.05 Å². The van der Waals surface area contributed by atoms with Crippen LogP contribution in [0, 0.1) is 5.82 Å². The van der Waals surface area contributed by atoms with Crippen LogP contribution in [0.5, 0.6) is 0 Å². The number of hydrogen-bond donors (Lipinski definition) is 3. The van der Waals surface area contributed by atoms with Crippen molar-refractivity contribution < 1.29 is 12.8 Å². The number of thiazole rings is 1. The van der Waals surface area contributed by atoms with Crippen molar-refractivity contribution in [1.29, 1.82) is 0 Å². The van der Waals surface area contributed by atoms with E-state index in [-0.39, 0.29) is 10.7 Å². The van der Waals surface area contributed by atoms with Gasteiger partial charge in [0, 0.05) is 30.2 Å². The van der Waals surface area contributed by atoms with Gasteiger partial charge in [-0.15, -0.1) is 11.3 Å². The molecular weight excluding hydrogens is 425 g/mol. The number of hydrogen-bond acceptors (Lipinski definition) is 7. The lowest BCUT2D eigenvalue weighted by atomic mass is 10.2. The molecule has 2 heterocycles. The van der Waals surface area contributed by atoms with Gasteiger partial charge in [-0.3, -0.25) is 4.72 Å². The third-order valence-electron chi connectivity index (χ3n) is 5.01. The average molecular weight is 448 g/mol. The molecule has 3 aromatic rings. The monoisotopic (exact) mass is 447 g/mol. The van der Waals surface area contributed by atoms with Crippen LogP contribution >= 0.6 is 11.3 Å². The van der Waals surface area contributed by atoms with E-state index in [0.29, 0.717) is 17.5 Å². The number of nitrogens with zero attached hydrogens (tertiary/aromatic N) is 2. The summed E-state index contributed by atoms with van der Waals surface area (Å²) in [5, 5.41) is 8.17. The molecule has 0 radical (unpaired) electrons. The highest BCUT2D eigenvalue weighted by molar-refractivity contribution is 7.92. The normalized spacial score (nSPS) is 16.6. The molecule has 1 atom stereocenters. The number of sulfonamides is 1. The number of aromatic nitrogens is 1. The Morgan fingerprint density at radius 3 is 2.67 bits per heavy atom. The fourth-order valence-electron chi connectivity index (χ4n) is 3.42. The van der Waals surface area contributed by atoms with E-state index >= 15 is 0 Å². The second kappa shape index (κ2) is 8.58. The molecule has 0 amide bonds. The molecule has 1 aliphatic rings. The SMILES string of the molecule is CN[C@@H]1CCN(c2cc(F)ccc2Nc2ccc(S(=O)(=O)Nc3cscn3)cc2)C1. The number of benzene rings is 2. The summed E-state index contributed by atoms with van der Waals surface area (Å²) in [7, 11) is -1.78. The van der Waals surface area contributed by atoms with E-state index in [1.54, 1.807) is 29.1 Å². The first-order valence-electron chi connectivity index (χ1n) is 9.44. The van der Waals surface area contributed by atoms with Crippen LogP contribution in [0.3, 0.4) is 0 Å². The number of nitrogens with one attached hydrogen (secondary N) is 3. The molecule has 10 heteroatoms. The number of rotatable bonds is 7. The molecule has 1 fully saturated rings. The van der Waals surface area contributed by atoms with E-state index in [2.05, 4.69) is 25.2 Å². The molecule has 158 valence electrons. The van der Waals surface area contributed by atoms with E-state index in [0.717, 1.165) is 30.9 Å². The van der Waals surface area contributed by atoms with Crippen molar-refractivity contribution in [2.45, 2.75) is 17.4 Å². The van der Waals surface area contributed by atoms with E-state index in [4.69, 9.17) is 0 Å². The minimum Gasteiger partial charge on any atom is -0.368 e. The molecule has 1 aromatic heterocycles. The third-order valence-corrected chi connectivity index (χ3v) is 6.97. The molecule has 0 bridgehead atoms. The van der Waals surface area contributed by atoms with Gasteiger partial charge in [0.05, 0.1) is 21.8 Å². The molecule has 0 spiro atoms. The zero-order valence-electron chi connectivity index (χ0n) is 16.3. The van der Waals surface area contributed by atoms with Crippen LogP contribution in [0.15, 0.2) is 58.3 Å². The van der Waals surface area contributed by atoms with Crippen LogP contribution in [-0.4, -0.2) is 39.6 Å². The standard InChI is InChI=1S/C20H22FN5O2S2/c1-22-16-8-9-26(11-16)19-10-14(21)2-7-18(19)24-15-3-5-17(6-4-15)30(27,28)25-20-12-29-13-23-20/h2-7,10,12-13,16,22,24-25H,8-9,11H2,1H3/t16-/m1/s1. The van der Waals surface area contributed by atoms with E-state index in [9.17, 15) is 12.8 Å². The summed E-state index contributed by atoms with van der Waals surface area (Å²) in [5.74, 6) is 0.00153. The first kappa shape index (κ1) is 20.6. The molecule has 2 aromatic carbocycles. The molecular formula is C20H22FN5O2S2. The molecule has 4 rings (SSSR count). The maximum atomic E-state index is 13.9. The predicted molar refractivity (Wildman–Crippen MR) is 119 cm³/mol. The van der Waals surface area contributed by atoms with E-state index < -0.39 is 10.0 Å². The Morgan fingerprint density at radius 1 is 1.20 bits per heavy atom. The summed E-state index contributed by atoms with van der Waals surface area (Å²) in [6, 6.07) is 11.4. The number of likely N-dealkylation sites (N-methyl/N-ethyl adjacent to an activating group) is 1. The molecule has 1 saturated heterocycles. The Morgan fingerprint density at radius 2 is 2.00 bits per heavy atom. The molecule has 30 heavy (non-hydrogen) atoms. The van der Waals surface area contributed by atoms with Gasteiger partial charge in [0.15, 0.2) is 5.82 Å². The van der Waals surface area contributed by atoms with Crippen molar-refractivity contribution in [3.05, 3.63) is 59.2 Å². The highest BCUT2D eigenvalue weighted by atomic mass is 32.2. The highest BCUT2D eigenvalue weighted by Crippen LogP contribution is 2.32. The molecule has 0 saturated carbocycles. The minimum absolute atomic E-state index is 0.136. The molecule has 0 aliphatic carbocycles. The van der Waals surface area contributed by atoms with E-state index in [1.165, 1.54) is 35.6 Å². The summed E-state index contributed by atoms with van der Waals surface area (Å²) >= 11 is 1.31. The van der Waals surface area contributed by atoms with Gasteiger partial charge in [-0.05, 0) is 55.9 Å². The minimum atomic E-state index is -3.71. The van der Waals surface area contributed by atoms with Gasteiger partial charge < -0.3 is 15.5 Å². The van der Waals surface area contributed by atoms with Crippen LogP contribution in [-0.2, 0) is 10.0 Å². The largest absolute Gasteiger partial charge is 0.368 e. The van der Waals surface area contributed by atoms with Crippen molar-refractivity contribution in [1.82, 2.24) is 10.3 Å². The Bertz CT molecular complexity index is 1100. The van der Waals surface area contributed by atoms with Crippen LogP contribution < -0.4 is 20.3 Å². The number of halogens is 1. The van der Waals surface area contributed by atoms with Crippen molar-refractivity contribution in [3.8, 4) is 0 Å². The fraction of sp³-hybridized carbons (Fsp3) is 0.250. The quantitative estimate of drug-likeness (QED) is 0.513. The lowest BCUT2D eigenvalue weighted by molar-refractivity contribution is 0.601. The molecule has 0 unspecified atom stereocenters. The number of anilines is 4. The van der Waals surface area contributed by atoms with Gasteiger partial charge >= 0.3 is 0 Å². The Labute approximate surface area is 179 Å². The highest BCUT2D eigenvalue weighted by Gasteiger charge is 2.23. The zero-order valence-corrected chi connectivity index (χ0v) is 17.9. The lowest BCUT2D eigenvalue weighted by Gasteiger charge is -2.23. The Hall–Kier alpha value is -2.69. The zero-order chi connectivity index (χ0) is 21.1. The van der Waals surface area contributed by atoms with Gasteiger partial charge in [0.25, 0.3) is 10.0 Å². The third kappa shape index (κ3) is 4.55. The first-order valence-corrected chi connectivity index (χ1v) is 11.9. The van der Waals surface area contributed by atoms with Crippen LogP contribution in [0.25, 0.3) is 0 Å². The maximum Gasteiger partial charge on any atom is 0.263 e. The van der Waals surface area contributed by atoms with Gasteiger partial charge in [-0.1, -0.05) is 0 Å². The summed E-state index contributed by atoms with van der Waals surface area (Å²) in [6.45, 7) is 1.64. The van der Waals surface area contributed by atoms with Crippen molar-refractivity contribution in [3.63, 3.8) is 0 Å². The van der Waals surface area contributed by atoms with Crippen molar-refractivity contribution in [2.75, 3.05) is 35.1 Å². The van der Waals surface area contributed by atoms with Crippen molar-refractivity contribution in [2.24, 2.45) is 0 Å².